The number of rotatable bonds is 4. The summed E-state index contributed by atoms with van der Waals surface area (Å²) in [6.45, 7) is 4.53. The molecule has 4 nitrogen and oxygen atoms in total. The molecule has 0 aliphatic carbocycles. The highest BCUT2D eigenvalue weighted by Gasteiger charge is 2.11. The number of halogens is 1. The van der Waals surface area contributed by atoms with E-state index in [1.54, 1.807) is 12.1 Å². The third kappa shape index (κ3) is 4.69. The van der Waals surface area contributed by atoms with E-state index in [0.717, 1.165) is 44.2 Å². The Morgan fingerprint density at radius 1 is 1.42 bits per heavy atom. The smallest absolute Gasteiger partial charge is 0.143 e. The maximum Gasteiger partial charge on any atom is 0.143 e. The first kappa shape index (κ1) is 14.7. The molecule has 1 aliphatic heterocycles. The maximum absolute atomic E-state index is 9.10. The Bertz CT molecular complexity index is 436. The lowest BCUT2D eigenvalue weighted by molar-refractivity contribution is 0.0410. The molecule has 1 heterocycles. The van der Waals surface area contributed by atoms with Crippen LogP contribution in [0.15, 0.2) is 29.4 Å². The summed E-state index contributed by atoms with van der Waals surface area (Å²) in [6, 6.07) is 7.35. The standard InChI is InChI=1S/C13H17ClN2O2S/c14-12-3-1-2-11(10-12)13(15-17)19-9-6-16-4-7-18-8-5-16/h1-3,10,17H,4-9H2/b15-13+. The fourth-order valence-electron chi connectivity index (χ4n) is 1.89. The van der Waals surface area contributed by atoms with E-state index in [-0.39, 0.29) is 0 Å². The fourth-order valence-corrected chi connectivity index (χ4v) is 2.97. The number of hydrogen-bond donors (Lipinski definition) is 1. The summed E-state index contributed by atoms with van der Waals surface area (Å²) in [4.78, 5) is 2.35. The number of thioether (sulfide) groups is 1. The van der Waals surface area contributed by atoms with Gasteiger partial charge >= 0.3 is 0 Å². The molecule has 6 heteroatoms. The lowest BCUT2D eigenvalue weighted by Gasteiger charge is -2.26. The minimum absolute atomic E-state index is 0.607. The predicted octanol–water partition coefficient (Wildman–Crippen LogP) is 2.54. The van der Waals surface area contributed by atoms with Crippen LogP contribution in [0.5, 0.6) is 0 Å². The van der Waals surface area contributed by atoms with E-state index in [1.165, 1.54) is 11.8 Å². The summed E-state index contributed by atoms with van der Waals surface area (Å²) < 4.78 is 5.30. The second-order valence-electron chi connectivity index (χ2n) is 4.22. The summed E-state index contributed by atoms with van der Waals surface area (Å²) in [5, 5.41) is 13.7. The second kappa shape index (κ2) is 7.75. The van der Waals surface area contributed by atoms with Crippen molar-refractivity contribution in [2.24, 2.45) is 5.16 Å². The monoisotopic (exact) mass is 300 g/mol. The van der Waals surface area contributed by atoms with Gasteiger partial charge in [-0.25, -0.2) is 0 Å². The van der Waals surface area contributed by atoms with Crippen molar-refractivity contribution in [3.63, 3.8) is 0 Å². The van der Waals surface area contributed by atoms with Gasteiger partial charge in [-0.05, 0) is 12.1 Å². The molecular weight excluding hydrogens is 284 g/mol. The molecule has 0 bridgehead atoms. The molecule has 0 radical (unpaired) electrons. The van der Waals surface area contributed by atoms with Gasteiger partial charge in [0.15, 0.2) is 0 Å². The van der Waals surface area contributed by atoms with Crippen molar-refractivity contribution >= 4 is 28.4 Å². The first-order chi connectivity index (χ1) is 9.29. The average Bonchev–Trinajstić information content (AvgIpc) is 2.45. The van der Waals surface area contributed by atoms with Crippen molar-refractivity contribution < 1.29 is 9.94 Å². The summed E-state index contributed by atoms with van der Waals surface area (Å²) in [5.74, 6) is 0.881. The molecule has 1 aliphatic rings. The normalized spacial score (nSPS) is 17.6. The number of morpholine rings is 1. The fraction of sp³-hybridized carbons (Fsp3) is 0.462. The minimum Gasteiger partial charge on any atom is -0.410 e. The number of oxime groups is 1. The van der Waals surface area contributed by atoms with Gasteiger partial charge in [-0.3, -0.25) is 4.90 Å². The largest absolute Gasteiger partial charge is 0.410 e. The van der Waals surface area contributed by atoms with Crippen molar-refractivity contribution in [3.8, 4) is 0 Å². The molecule has 1 fully saturated rings. The molecule has 0 spiro atoms. The van der Waals surface area contributed by atoms with E-state index in [1.807, 2.05) is 12.1 Å². The van der Waals surface area contributed by atoms with Crippen LogP contribution in [0.2, 0.25) is 5.02 Å². The van der Waals surface area contributed by atoms with Gasteiger partial charge in [-0.1, -0.05) is 28.9 Å². The van der Waals surface area contributed by atoms with Crippen LogP contribution in [0.1, 0.15) is 5.56 Å². The quantitative estimate of drug-likeness (QED) is 0.402. The van der Waals surface area contributed by atoms with E-state index in [9.17, 15) is 0 Å². The minimum atomic E-state index is 0.607. The molecule has 0 aromatic heterocycles. The third-order valence-electron chi connectivity index (χ3n) is 2.91. The Kier molecular flexibility index (Phi) is 5.97. The van der Waals surface area contributed by atoms with Crippen LogP contribution in [0.4, 0.5) is 0 Å². The van der Waals surface area contributed by atoms with Gasteiger partial charge in [0.2, 0.25) is 0 Å². The molecule has 19 heavy (non-hydrogen) atoms. The molecule has 0 amide bonds. The summed E-state index contributed by atoms with van der Waals surface area (Å²) in [7, 11) is 0. The van der Waals surface area contributed by atoms with Gasteiger partial charge in [-0.15, -0.1) is 11.8 Å². The zero-order valence-corrected chi connectivity index (χ0v) is 12.2. The van der Waals surface area contributed by atoms with Crippen molar-refractivity contribution in [1.82, 2.24) is 4.90 Å². The van der Waals surface area contributed by atoms with Crippen LogP contribution >= 0.6 is 23.4 Å². The molecule has 1 N–H and O–H groups in total. The Labute approximate surface area is 122 Å². The Morgan fingerprint density at radius 2 is 2.21 bits per heavy atom. The molecule has 104 valence electrons. The van der Waals surface area contributed by atoms with Gasteiger partial charge in [0.1, 0.15) is 5.04 Å². The summed E-state index contributed by atoms with van der Waals surface area (Å²) >= 11 is 7.47. The first-order valence-corrected chi connectivity index (χ1v) is 7.57. The first-order valence-electron chi connectivity index (χ1n) is 6.20. The molecule has 2 rings (SSSR count). The highest BCUT2D eigenvalue weighted by molar-refractivity contribution is 8.14. The molecule has 0 atom stereocenters. The van der Waals surface area contributed by atoms with E-state index in [2.05, 4.69) is 10.1 Å². The van der Waals surface area contributed by atoms with E-state index in [4.69, 9.17) is 21.5 Å². The molecule has 0 saturated carbocycles. The van der Waals surface area contributed by atoms with Gasteiger partial charge < -0.3 is 9.94 Å². The third-order valence-corrected chi connectivity index (χ3v) is 4.12. The highest BCUT2D eigenvalue weighted by Crippen LogP contribution is 2.18. The van der Waals surface area contributed by atoms with Crippen molar-refractivity contribution in [2.45, 2.75) is 0 Å². The SMILES string of the molecule is O/N=C(/SCCN1CCOCC1)c1cccc(Cl)c1. The van der Waals surface area contributed by atoms with Crippen LogP contribution in [-0.2, 0) is 4.74 Å². The number of nitrogens with zero attached hydrogens (tertiary/aromatic N) is 2. The number of ether oxygens (including phenoxy) is 1. The van der Waals surface area contributed by atoms with Crippen LogP contribution in [0.3, 0.4) is 0 Å². The maximum atomic E-state index is 9.10. The van der Waals surface area contributed by atoms with Crippen LogP contribution in [-0.4, -0.2) is 53.8 Å². The summed E-state index contributed by atoms with van der Waals surface area (Å²) in [6.07, 6.45) is 0. The van der Waals surface area contributed by atoms with Gasteiger partial charge in [0, 0.05) is 36.0 Å². The van der Waals surface area contributed by atoms with Gasteiger partial charge in [-0.2, -0.15) is 0 Å². The lowest BCUT2D eigenvalue weighted by Crippen LogP contribution is -2.37. The van der Waals surface area contributed by atoms with Crippen LogP contribution < -0.4 is 0 Å². The van der Waals surface area contributed by atoms with Crippen LogP contribution in [0.25, 0.3) is 0 Å². The lowest BCUT2D eigenvalue weighted by atomic mass is 10.2. The van der Waals surface area contributed by atoms with Crippen molar-refractivity contribution in [2.75, 3.05) is 38.6 Å². The number of hydrogen-bond acceptors (Lipinski definition) is 5. The Hall–Kier alpha value is -0.750. The number of benzene rings is 1. The molecule has 0 unspecified atom stereocenters. The highest BCUT2D eigenvalue weighted by atomic mass is 35.5. The zero-order chi connectivity index (χ0) is 13.5. The van der Waals surface area contributed by atoms with Crippen molar-refractivity contribution in [3.05, 3.63) is 34.9 Å². The van der Waals surface area contributed by atoms with Crippen LogP contribution in [0, 0.1) is 0 Å². The molecular formula is C13H17ClN2O2S. The Morgan fingerprint density at radius 3 is 2.89 bits per heavy atom. The zero-order valence-electron chi connectivity index (χ0n) is 10.6. The Balaban J connectivity index is 1.83. The predicted molar refractivity (Wildman–Crippen MR) is 79.5 cm³/mol. The molecule has 1 aromatic rings. The second-order valence-corrected chi connectivity index (χ2v) is 5.74. The molecule has 1 saturated heterocycles. The topological polar surface area (TPSA) is 45.1 Å². The molecule has 1 aromatic carbocycles. The van der Waals surface area contributed by atoms with E-state index >= 15 is 0 Å². The van der Waals surface area contributed by atoms with Crippen molar-refractivity contribution in [1.29, 1.82) is 0 Å². The average molecular weight is 301 g/mol. The van der Waals surface area contributed by atoms with E-state index < -0.39 is 0 Å². The summed E-state index contributed by atoms with van der Waals surface area (Å²) in [5.41, 5.74) is 0.849. The van der Waals surface area contributed by atoms with Gasteiger partial charge in [0.05, 0.1) is 13.2 Å². The van der Waals surface area contributed by atoms with E-state index in [0.29, 0.717) is 10.1 Å². The van der Waals surface area contributed by atoms with Gasteiger partial charge in [0.25, 0.3) is 0 Å².